The van der Waals surface area contributed by atoms with Crippen LogP contribution in [-0.4, -0.2) is 51.7 Å². The highest BCUT2D eigenvalue weighted by atomic mass is 32.2. The zero-order valence-electron chi connectivity index (χ0n) is 21.9. The minimum atomic E-state index is -3.80. The minimum Gasteiger partial charge on any atom is -0.492 e. The lowest BCUT2D eigenvalue weighted by Gasteiger charge is -2.24. The number of carbonyl (C=O) groups is 1. The Hall–Kier alpha value is -3.47. The number of ether oxygens (including phenoxy) is 2. The van der Waals surface area contributed by atoms with Crippen molar-refractivity contribution in [3.63, 3.8) is 0 Å². The van der Waals surface area contributed by atoms with E-state index in [9.17, 15) is 13.2 Å². The molecule has 1 aliphatic rings. The van der Waals surface area contributed by atoms with Crippen molar-refractivity contribution in [1.82, 2.24) is 4.98 Å². The van der Waals surface area contributed by atoms with Crippen molar-refractivity contribution in [3.8, 4) is 5.75 Å². The van der Waals surface area contributed by atoms with Crippen LogP contribution >= 0.6 is 11.3 Å². The van der Waals surface area contributed by atoms with E-state index in [2.05, 4.69) is 0 Å². The van der Waals surface area contributed by atoms with Crippen LogP contribution in [0.1, 0.15) is 37.0 Å². The van der Waals surface area contributed by atoms with Crippen molar-refractivity contribution >= 4 is 48.3 Å². The first kappa shape index (κ1) is 27.1. The summed E-state index contributed by atoms with van der Waals surface area (Å²) in [5, 5.41) is 0.551. The van der Waals surface area contributed by atoms with E-state index in [-0.39, 0.29) is 23.5 Å². The third kappa shape index (κ3) is 5.63. The number of rotatable bonds is 10. The third-order valence-electron chi connectivity index (χ3n) is 6.58. The second-order valence-electron chi connectivity index (χ2n) is 9.11. The standard InChI is InChI=1S/C29H31N3O5S2/c1-3-32(22-10-6-5-7-11-22)39(34,35)24-17-15-21(16-18-24)28(33)31(20-23-12-9-19-37-23)29-30-27-25(36-4-2)13-8-14-26(27)38-29/h5-8,10-11,13-18,23H,3-4,9,12,19-20H2,1-2H3. The maximum absolute atomic E-state index is 13.8. The number of thiazole rings is 1. The van der Waals surface area contributed by atoms with Gasteiger partial charge >= 0.3 is 0 Å². The van der Waals surface area contributed by atoms with Crippen molar-refractivity contribution in [1.29, 1.82) is 0 Å². The van der Waals surface area contributed by atoms with E-state index in [4.69, 9.17) is 14.5 Å². The minimum absolute atomic E-state index is 0.0871. The van der Waals surface area contributed by atoms with Gasteiger partial charge in [-0.2, -0.15) is 0 Å². The molecule has 1 fully saturated rings. The molecule has 0 bridgehead atoms. The Morgan fingerprint density at radius 3 is 2.49 bits per heavy atom. The molecule has 2 heterocycles. The number of sulfonamides is 1. The first-order valence-corrected chi connectivity index (χ1v) is 15.3. The molecule has 0 saturated carbocycles. The van der Waals surface area contributed by atoms with Crippen LogP contribution in [0, 0.1) is 0 Å². The Morgan fingerprint density at radius 2 is 1.82 bits per heavy atom. The van der Waals surface area contributed by atoms with Crippen LogP contribution in [0.15, 0.2) is 77.7 Å². The maximum atomic E-state index is 13.8. The van der Waals surface area contributed by atoms with Gasteiger partial charge in [-0.3, -0.25) is 14.0 Å². The van der Waals surface area contributed by atoms with Gasteiger partial charge in [-0.25, -0.2) is 13.4 Å². The van der Waals surface area contributed by atoms with Crippen molar-refractivity contribution in [2.45, 2.75) is 37.7 Å². The van der Waals surface area contributed by atoms with Crippen LogP contribution < -0.4 is 13.9 Å². The topological polar surface area (TPSA) is 89.0 Å². The summed E-state index contributed by atoms with van der Waals surface area (Å²) in [7, 11) is -3.80. The molecule has 8 nitrogen and oxygen atoms in total. The molecule has 4 aromatic rings. The third-order valence-corrected chi connectivity index (χ3v) is 9.54. The largest absolute Gasteiger partial charge is 0.492 e. The quantitative estimate of drug-likeness (QED) is 0.244. The predicted molar refractivity (Wildman–Crippen MR) is 155 cm³/mol. The summed E-state index contributed by atoms with van der Waals surface area (Å²) in [5.41, 5.74) is 1.68. The van der Waals surface area contributed by atoms with E-state index in [1.54, 1.807) is 48.2 Å². The van der Waals surface area contributed by atoms with Crippen molar-refractivity contribution in [3.05, 3.63) is 78.4 Å². The highest BCUT2D eigenvalue weighted by Gasteiger charge is 2.29. The fraction of sp³-hybridized carbons (Fsp3) is 0.310. The molecule has 39 heavy (non-hydrogen) atoms. The second-order valence-corrected chi connectivity index (χ2v) is 12.0. The molecule has 1 amide bonds. The molecule has 0 spiro atoms. The number of benzene rings is 3. The van der Waals surface area contributed by atoms with E-state index in [0.717, 1.165) is 17.5 Å². The number of aromatic nitrogens is 1. The summed E-state index contributed by atoms with van der Waals surface area (Å²) >= 11 is 1.42. The Balaban J connectivity index is 1.46. The van der Waals surface area contributed by atoms with E-state index < -0.39 is 10.0 Å². The number of carbonyl (C=O) groups excluding carboxylic acids is 1. The zero-order chi connectivity index (χ0) is 27.4. The van der Waals surface area contributed by atoms with Crippen molar-refractivity contribution in [2.24, 2.45) is 0 Å². The number of nitrogens with zero attached hydrogens (tertiary/aromatic N) is 3. The molecule has 1 unspecified atom stereocenters. The van der Waals surface area contributed by atoms with E-state index in [1.165, 1.54) is 27.8 Å². The fourth-order valence-corrected chi connectivity index (χ4v) is 7.14. The maximum Gasteiger partial charge on any atom is 0.264 e. The summed E-state index contributed by atoms with van der Waals surface area (Å²) in [6.07, 6.45) is 1.72. The van der Waals surface area contributed by atoms with Crippen LogP contribution in [0.3, 0.4) is 0 Å². The number of para-hydroxylation sites is 2. The molecule has 1 saturated heterocycles. The Morgan fingerprint density at radius 1 is 1.05 bits per heavy atom. The van der Waals surface area contributed by atoms with Gasteiger partial charge in [-0.15, -0.1) is 0 Å². The van der Waals surface area contributed by atoms with Crippen LogP contribution in [0.4, 0.5) is 10.8 Å². The van der Waals surface area contributed by atoms with Gasteiger partial charge in [0.2, 0.25) is 0 Å². The molecule has 10 heteroatoms. The van der Waals surface area contributed by atoms with E-state index >= 15 is 0 Å². The van der Waals surface area contributed by atoms with Crippen molar-refractivity contribution in [2.75, 3.05) is 35.5 Å². The molecule has 3 aromatic carbocycles. The summed E-state index contributed by atoms with van der Waals surface area (Å²) in [4.78, 5) is 20.4. The number of anilines is 2. The molecule has 1 aromatic heterocycles. The van der Waals surface area contributed by atoms with Gasteiger partial charge in [0.1, 0.15) is 11.3 Å². The monoisotopic (exact) mass is 565 g/mol. The average molecular weight is 566 g/mol. The zero-order valence-corrected chi connectivity index (χ0v) is 23.6. The van der Waals surface area contributed by atoms with Gasteiger partial charge in [0, 0.05) is 18.7 Å². The lowest BCUT2D eigenvalue weighted by atomic mass is 10.2. The number of hydrogen-bond donors (Lipinski definition) is 0. The molecule has 0 radical (unpaired) electrons. The Kier molecular flexibility index (Phi) is 8.15. The lowest BCUT2D eigenvalue weighted by molar-refractivity contribution is 0.0917. The molecule has 0 aliphatic carbocycles. The molecule has 1 aliphatic heterocycles. The van der Waals surface area contributed by atoms with E-state index in [0.29, 0.717) is 47.4 Å². The SMILES string of the molecule is CCOc1cccc2sc(N(CC3CCCO3)C(=O)c3ccc(S(=O)(=O)N(CC)c4ccccc4)cc3)nc12. The molecular weight excluding hydrogens is 534 g/mol. The summed E-state index contributed by atoms with van der Waals surface area (Å²) in [5.74, 6) is 0.414. The van der Waals surface area contributed by atoms with Crippen LogP contribution in [0.5, 0.6) is 5.75 Å². The molecule has 204 valence electrons. The second kappa shape index (κ2) is 11.7. The fourth-order valence-electron chi connectivity index (χ4n) is 4.68. The first-order valence-electron chi connectivity index (χ1n) is 13.1. The average Bonchev–Trinajstić information content (AvgIpc) is 3.63. The van der Waals surface area contributed by atoms with Crippen LogP contribution in [0.25, 0.3) is 10.2 Å². The normalized spacial score (nSPS) is 15.4. The number of hydrogen-bond acceptors (Lipinski definition) is 7. The predicted octanol–water partition coefficient (Wildman–Crippen LogP) is 5.74. The number of fused-ring (bicyclic) bond motifs is 1. The van der Waals surface area contributed by atoms with E-state index in [1.807, 2.05) is 31.2 Å². The molecule has 5 rings (SSSR count). The smallest absolute Gasteiger partial charge is 0.264 e. The van der Waals surface area contributed by atoms with Gasteiger partial charge in [0.15, 0.2) is 5.13 Å². The Labute approximate surface area is 232 Å². The molecule has 0 N–H and O–H groups in total. The molecule has 1 atom stereocenters. The summed E-state index contributed by atoms with van der Waals surface area (Å²) in [6, 6.07) is 20.8. The van der Waals surface area contributed by atoms with Gasteiger partial charge in [0.25, 0.3) is 15.9 Å². The van der Waals surface area contributed by atoms with Gasteiger partial charge in [-0.1, -0.05) is 35.6 Å². The highest BCUT2D eigenvalue weighted by molar-refractivity contribution is 7.92. The molecular formula is C29H31N3O5S2. The highest BCUT2D eigenvalue weighted by Crippen LogP contribution is 2.35. The van der Waals surface area contributed by atoms with Gasteiger partial charge in [0.05, 0.1) is 34.5 Å². The van der Waals surface area contributed by atoms with Gasteiger partial charge in [-0.05, 0) is 75.2 Å². The van der Waals surface area contributed by atoms with Crippen molar-refractivity contribution < 1.29 is 22.7 Å². The summed E-state index contributed by atoms with van der Waals surface area (Å²) in [6.45, 7) is 5.54. The Bertz CT molecular complexity index is 1530. The first-order chi connectivity index (χ1) is 18.9. The lowest BCUT2D eigenvalue weighted by Crippen LogP contribution is -2.37. The van der Waals surface area contributed by atoms with Crippen LogP contribution in [0.2, 0.25) is 0 Å². The summed E-state index contributed by atoms with van der Waals surface area (Å²) < 4.78 is 40.7. The van der Waals surface area contributed by atoms with Gasteiger partial charge < -0.3 is 9.47 Å². The number of amides is 1. The van der Waals surface area contributed by atoms with Crippen LogP contribution in [-0.2, 0) is 14.8 Å².